The molecule has 0 aromatic carbocycles. The summed E-state index contributed by atoms with van der Waals surface area (Å²) in [5, 5.41) is 3.50. The average molecular weight is 248 g/mol. The Balaban J connectivity index is 1.55. The summed E-state index contributed by atoms with van der Waals surface area (Å²) < 4.78 is 11.4. The summed E-state index contributed by atoms with van der Waals surface area (Å²) in [5.74, 6) is 0.890. The second kappa shape index (κ2) is 5.67. The normalized spacial score (nSPS) is 23.2. The van der Waals surface area contributed by atoms with E-state index in [4.69, 9.17) is 9.47 Å². The fraction of sp³-hybridized carbons (Fsp3) is 0.643. The van der Waals surface area contributed by atoms with Crippen molar-refractivity contribution in [2.24, 2.45) is 0 Å². The van der Waals surface area contributed by atoms with Crippen LogP contribution in [0.25, 0.3) is 0 Å². The lowest BCUT2D eigenvalue weighted by molar-refractivity contribution is 0.0674. The van der Waals surface area contributed by atoms with Gasteiger partial charge in [0.05, 0.1) is 12.3 Å². The standard InChI is InChI=1S/C14H20N2O2/c1-2-13(17-7-1)10-18-14-9-15-6-5-11(14)8-16-12-3-4-12/h5-6,9,12-13,16H,1-4,7-8,10H2. The van der Waals surface area contributed by atoms with Crippen LogP contribution in [0.15, 0.2) is 18.5 Å². The van der Waals surface area contributed by atoms with E-state index >= 15 is 0 Å². The number of hydrogen-bond acceptors (Lipinski definition) is 4. The van der Waals surface area contributed by atoms with Gasteiger partial charge in [-0.1, -0.05) is 0 Å². The molecule has 1 atom stereocenters. The van der Waals surface area contributed by atoms with Crippen LogP contribution in [0.4, 0.5) is 0 Å². The highest BCUT2D eigenvalue weighted by Gasteiger charge is 2.21. The Kier molecular flexibility index (Phi) is 3.76. The Morgan fingerprint density at radius 2 is 2.33 bits per heavy atom. The number of ether oxygens (including phenoxy) is 2. The topological polar surface area (TPSA) is 43.4 Å². The fourth-order valence-electron chi connectivity index (χ4n) is 2.19. The van der Waals surface area contributed by atoms with E-state index in [0.717, 1.165) is 31.7 Å². The Hall–Kier alpha value is -1.13. The maximum absolute atomic E-state index is 5.85. The number of hydrogen-bond donors (Lipinski definition) is 1. The molecule has 1 saturated heterocycles. The molecule has 1 aromatic rings. The van der Waals surface area contributed by atoms with Gasteiger partial charge in [-0.05, 0) is 31.7 Å². The fourth-order valence-corrected chi connectivity index (χ4v) is 2.19. The molecule has 2 fully saturated rings. The lowest BCUT2D eigenvalue weighted by Gasteiger charge is -2.14. The molecule has 2 heterocycles. The molecule has 2 aliphatic rings. The van der Waals surface area contributed by atoms with Crippen LogP contribution in [0.5, 0.6) is 5.75 Å². The Morgan fingerprint density at radius 3 is 3.11 bits per heavy atom. The zero-order chi connectivity index (χ0) is 12.2. The van der Waals surface area contributed by atoms with E-state index in [2.05, 4.69) is 10.3 Å². The Morgan fingerprint density at radius 1 is 1.39 bits per heavy atom. The zero-order valence-electron chi connectivity index (χ0n) is 10.6. The minimum Gasteiger partial charge on any atom is -0.489 e. The van der Waals surface area contributed by atoms with Crippen molar-refractivity contribution in [1.82, 2.24) is 10.3 Å². The van der Waals surface area contributed by atoms with Crippen molar-refractivity contribution in [3.05, 3.63) is 24.0 Å². The molecule has 0 bridgehead atoms. The summed E-state index contributed by atoms with van der Waals surface area (Å²) in [5.41, 5.74) is 1.19. The van der Waals surface area contributed by atoms with E-state index in [1.807, 2.05) is 12.3 Å². The van der Waals surface area contributed by atoms with E-state index in [-0.39, 0.29) is 6.10 Å². The van der Waals surface area contributed by atoms with Gasteiger partial charge >= 0.3 is 0 Å². The lowest BCUT2D eigenvalue weighted by Crippen LogP contribution is -2.19. The first-order valence-corrected chi connectivity index (χ1v) is 6.82. The van der Waals surface area contributed by atoms with Gasteiger partial charge in [0.25, 0.3) is 0 Å². The van der Waals surface area contributed by atoms with E-state index < -0.39 is 0 Å². The third kappa shape index (κ3) is 3.21. The summed E-state index contributed by atoms with van der Waals surface area (Å²) in [7, 11) is 0. The highest BCUT2D eigenvalue weighted by Crippen LogP contribution is 2.22. The highest BCUT2D eigenvalue weighted by atomic mass is 16.5. The predicted molar refractivity (Wildman–Crippen MR) is 68.6 cm³/mol. The quantitative estimate of drug-likeness (QED) is 0.835. The van der Waals surface area contributed by atoms with Gasteiger partial charge in [-0.3, -0.25) is 4.98 Å². The van der Waals surface area contributed by atoms with Crippen LogP contribution in [0.2, 0.25) is 0 Å². The SMILES string of the molecule is c1cc(CNC2CC2)c(OCC2CCCO2)cn1. The molecular formula is C14H20N2O2. The summed E-state index contributed by atoms with van der Waals surface area (Å²) in [6, 6.07) is 2.74. The van der Waals surface area contributed by atoms with Crippen LogP contribution in [0, 0.1) is 0 Å². The van der Waals surface area contributed by atoms with Gasteiger partial charge in [-0.2, -0.15) is 0 Å². The number of nitrogens with one attached hydrogen (secondary N) is 1. The van der Waals surface area contributed by atoms with Gasteiger partial charge < -0.3 is 14.8 Å². The largest absolute Gasteiger partial charge is 0.489 e. The molecule has 1 N–H and O–H groups in total. The van der Waals surface area contributed by atoms with Crippen LogP contribution in [-0.4, -0.2) is 30.3 Å². The molecule has 4 nitrogen and oxygen atoms in total. The highest BCUT2D eigenvalue weighted by molar-refractivity contribution is 5.29. The molecular weight excluding hydrogens is 228 g/mol. The molecule has 3 rings (SSSR count). The number of rotatable bonds is 6. The third-order valence-electron chi connectivity index (χ3n) is 3.48. The molecule has 1 unspecified atom stereocenters. The molecule has 1 saturated carbocycles. The maximum Gasteiger partial charge on any atom is 0.142 e. The first-order chi connectivity index (χ1) is 8.92. The second-order valence-corrected chi connectivity index (χ2v) is 5.08. The van der Waals surface area contributed by atoms with Crippen molar-refractivity contribution >= 4 is 0 Å². The first kappa shape index (κ1) is 11.9. The molecule has 0 spiro atoms. The summed E-state index contributed by atoms with van der Waals surface area (Å²) in [4.78, 5) is 4.14. The van der Waals surface area contributed by atoms with Crippen molar-refractivity contribution in [3.63, 3.8) is 0 Å². The van der Waals surface area contributed by atoms with Crippen molar-refractivity contribution in [2.45, 2.75) is 44.4 Å². The van der Waals surface area contributed by atoms with Gasteiger partial charge in [-0.25, -0.2) is 0 Å². The van der Waals surface area contributed by atoms with Gasteiger partial charge in [0.15, 0.2) is 0 Å². The first-order valence-electron chi connectivity index (χ1n) is 6.82. The van der Waals surface area contributed by atoms with Crippen LogP contribution >= 0.6 is 0 Å². The molecule has 1 aliphatic carbocycles. The number of nitrogens with zero attached hydrogens (tertiary/aromatic N) is 1. The zero-order valence-corrected chi connectivity index (χ0v) is 10.6. The molecule has 98 valence electrons. The number of pyridine rings is 1. The van der Waals surface area contributed by atoms with Gasteiger partial charge in [-0.15, -0.1) is 0 Å². The minimum absolute atomic E-state index is 0.259. The molecule has 1 aliphatic heterocycles. The molecule has 18 heavy (non-hydrogen) atoms. The van der Waals surface area contributed by atoms with Crippen LogP contribution in [0.1, 0.15) is 31.2 Å². The third-order valence-corrected chi connectivity index (χ3v) is 3.48. The van der Waals surface area contributed by atoms with Crippen LogP contribution in [-0.2, 0) is 11.3 Å². The van der Waals surface area contributed by atoms with Crippen molar-refractivity contribution in [1.29, 1.82) is 0 Å². The molecule has 0 radical (unpaired) electrons. The van der Waals surface area contributed by atoms with Gasteiger partial charge in [0, 0.05) is 31.0 Å². The average Bonchev–Trinajstić information content (AvgIpc) is 3.09. The van der Waals surface area contributed by atoms with Crippen LogP contribution in [0.3, 0.4) is 0 Å². The molecule has 0 amide bonds. The smallest absolute Gasteiger partial charge is 0.142 e. The maximum atomic E-state index is 5.85. The Labute approximate surface area is 108 Å². The van der Waals surface area contributed by atoms with E-state index in [1.165, 1.54) is 18.4 Å². The van der Waals surface area contributed by atoms with Crippen molar-refractivity contribution in [2.75, 3.05) is 13.2 Å². The number of aromatic nitrogens is 1. The Bertz CT molecular complexity index is 387. The van der Waals surface area contributed by atoms with Gasteiger partial charge in [0.1, 0.15) is 12.4 Å². The van der Waals surface area contributed by atoms with Crippen molar-refractivity contribution < 1.29 is 9.47 Å². The summed E-state index contributed by atoms with van der Waals surface area (Å²) >= 11 is 0. The van der Waals surface area contributed by atoms with E-state index in [0.29, 0.717) is 12.6 Å². The van der Waals surface area contributed by atoms with E-state index in [1.54, 1.807) is 6.20 Å². The molecule has 1 aromatic heterocycles. The lowest BCUT2D eigenvalue weighted by atomic mass is 10.2. The summed E-state index contributed by atoms with van der Waals surface area (Å²) in [6.07, 6.45) is 8.75. The van der Waals surface area contributed by atoms with Gasteiger partial charge in [0.2, 0.25) is 0 Å². The minimum atomic E-state index is 0.259. The molecule has 4 heteroatoms. The summed E-state index contributed by atoms with van der Waals surface area (Å²) in [6.45, 7) is 2.38. The van der Waals surface area contributed by atoms with Crippen LogP contribution < -0.4 is 10.1 Å². The monoisotopic (exact) mass is 248 g/mol. The second-order valence-electron chi connectivity index (χ2n) is 5.08. The van der Waals surface area contributed by atoms with Crippen molar-refractivity contribution in [3.8, 4) is 5.75 Å². The predicted octanol–water partition coefficient (Wildman–Crippen LogP) is 1.89. The van der Waals surface area contributed by atoms with E-state index in [9.17, 15) is 0 Å².